The van der Waals surface area contributed by atoms with E-state index in [2.05, 4.69) is 40.2 Å². The largest absolute Gasteiger partial charge is 0.339 e. The molecular formula is C20H29N7O. The molecule has 1 aromatic carbocycles. The van der Waals surface area contributed by atoms with E-state index >= 15 is 0 Å². The van der Waals surface area contributed by atoms with Crippen LogP contribution in [0, 0.1) is 11.8 Å². The van der Waals surface area contributed by atoms with E-state index in [1.807, 2.05) is 29.2 Å². The minimum absolute atomic E-state index is 0.130. The molecule has 4 rings (SSSR count). The van der Waals surface area contributed by atoms with Crippen molar-refractivity contribution in [3.8, 4) is 0 Å². The number of nitrogens with one attached hydrogen (secondary N) is 2. The number of rotatable bonds is 5. The van der Waals surface area contributed by atoms with Gasteiger partial charge < -0.3 is 4.90 Å². The van der Waals surface area contributed by atoms with Gasteiger partial charge in [0.2, 0.25) is 0 Å². The summed E-state index contributed by atoms with van der Waals surface area (Å²) in [6, 6.07) is 8.84. The lowest BCUT2D eigenvalue weighted by atomic mass is 9.85. The van der Waals surface area contributed by atoms with Gasteiger partial charge in [-0.2, -0.15) is 0 Å². The third-order valence-electron chi connectivity index (χ3n) is 6.10. The second kappa shape index (κ2) is 8.36. The standard InChI is InChI=1S/C20H29N7O/c1-14(2)18-11-19(23-22-18)16-7-9-26(10-8-16)20(28)17-5-3-15(4-6-17)12-27-13-21-24-25-27/h3-6,13-14,16,18-19,22-23H,7-12H2,1-2H3. The number of carbonyl (C=O) groups is 1. The van der Waals surface area contributed by atoms with Gasteiger partial charge in [-0.15, -0.1) is 5.10 Å². The lowest BCUT2D eigenvalue weighted by molar-refractivity contribution is 0.0673. The normalized spacial score (nSPS) is 23.5. The summed E-state index contributed by atoms with van der Waals surface area (Å²) < 4.78 is 1.66. The van der Waals surface area contributed by atoms with E-state index in [1.165, 1.54) is 6.42 Å². The first-order valence-electron chi connectivity index (χ1n) is 10.2. The number of nitrogens with zero attached hydrogens (tertiary/aromatic N) is 5. The fourth-order valence-electron chi connectivity index (χ4n) is 4.23. The zero-order valence-electron chi connectivity index (χ0n) is 16.6. The molecule has 2 unspecified atom stereocenters. The number of hydrogen-bond donors (Lipinski definition) is 2. The lowest BCUT2D eigenvalue weighted by Gasteiger charge is -2.34. The first kappa shape index (κ1) is 19.0. The van der Waals surface area contributed by atoms with E-state index < -0.39 is 0 Å². The van der Waals surface area contributed by atoms with Gasteiger partial charge in [-0.3, -0.25) is 15.6 Å². The van der Waals surface area contributed by atoms with Crippen molar-refractivity contribution in [1.29, 1.82) is 0 Å². The van der Waals surface area contributed by atoms with Crippen LogP contribution in [0.3, 0.4) is 0 Å². The molecule has 8 nitrogen and oxygen atoms in total. The fraction of sp³-hybridized carbons (Fsp3) is 0.600. The van der Waals surface area contributed by atoms with Gasteiger partial charge in [0.15, 0.2) is 0 Å². The maximum Gasteiger partial charge on any atom is 0.253 e. The quantitative estimate of drug-likeness (QED) is 0.813. The van der Waals surface area contributed by atoms with Crippen molar-refractivity contribution in [3.05, 3.63) is 41.7 Å². The molecule has 0 radical (unpaired) electrons. The van der Waals surface area contributed by atoms with Crippen molar-refractivity contribution >= 4 is 5.91 Å². The van der Waals surface area contributed by atoms with Crippen molar-refractivity contribution in [3.63, 3.8) is 0 Å². The molecule has 28 heavy (non-hydrogen) atoms. The molecule has 150 valence electrons. The van der Waals surface area contributed by atoms with E-state index in [9.17, 15) is 4.79 Å². The number of aromatic nitrogens is 4. The van der Waals surface area contributed by atoms with Crippen LogP contribution in [0.2, 0.25) is 0 Å². The molecule has 2 aliphatic rings. The van der Waals surface area contributed by atoms with Crippen molar-refractivity contribution in [1.82, 2.24) is 36.0 Å². The third-order valence-corrected chi connectivity index (χ3v) is 6.10. The Bertz CT molecular complexity index is 766. The SMILES string of the molecule is CC(C)C1CC(C2CCN(C(=O)c3ccc(Cn4cnnn4)cc3)CC2)NN1. The highest BCUT2D eigenvalue weighted by molar-refractivity contribution is 5.94. The van der Waals surface area contributed by atoms with Gasteiger partial charge in [0.25, 0.3) is 5.91 Å². The van der Waals surface area contributed by atoms with Crippen LogP contribution in [0.15, 0.2) is 30.6 Å². The first-order valence-corrected chi connectivity index (χ1v) is 10.2. The van der Waals surface area contributed by atoms with Crippen LogP contribution >= 0.6 is 0 Å². The van der Waals surface area contributed by atoms with Gasteiger partial charge in [-0.05, 0) is 59.2 Å². The molecule has 2 N–H and O–H groups in total. The number of likely N-dealkylation sites (tertiary alicyclic amines) is 1. The van der Waals surface area contributed by atoms with Gasteiger partial charge in [-0.25, -0.2) is 4.68 Å². The molecule has 8 heteroatoms. The summed E-state index contributed by atoms with van der Waals surface area (Å²) in [5, 5.41) is 11.1. The average Bonchev–Trinajstić information content (AvgIpc) is 3.40. The Balaban J connectivity index is 1.29. The number of carbonyl (C=O) groups excluding carboxylic acids is 1. The van der Waals surface area contributed by atoms with Crippen LogP contribution in [0.25, 0.3) is 0 Å². The Morgan fingerprint density at radius 3 is 2.54 bits per heavy atom. The average molecular weight is 384 g/mol. The minimum atomic E-state index is 0.130. The summed E-state index contributed by atoms with van der Waals surface area (Å²) >= 11 is 0. The van der Waals surface area contributed by atoms with Crippen LogP contribution < -0.4 is 10.9 Å². The topological polar surface area (TPSA) is 88.0 Å². The molecule has 1 aromatic heterocycles. The van der Waals surface area contributed by atoms with E-state index in [-0.39, 0.29) is 5.91 Å². The van der Waals surface area contributed by atoms with Gasteiger partial charge in [0.1, 0.15) is 6.33 Å². The Kier molecular flexibility index (Phi) is 5.68. The smallest absolute Gasteiger partial charge is 0.253 e. The molecular weight excluding hydrogens is 354 g/mol. The van der Waals surface area contributed by atoms with Crippen molar-refractivity contribution in [2.24, 2.45) is 11.8 Å². The molecule has 0 saturated carbocycles. The summed E-state index contributed by atoms with van der Waals surface area (Å²) in [5.74, 6) is 1.41. The molecule has 2 aromatic rings. The van der Waals surface area contributed by atoms with E-state index in [1.54, 1.807) is 11.0 Å². The highest BCUT2D eigenvalue weighted by atomic mass is 16.2. The highest BCUT2D eigenvalue weighted by Gasteiger charge is 2.34. The Labute approximate surface area is 165 Å². The molecule has 3 heterocycles. The predicted molar refractivity (Wildman–Crippen MR) is 105 cm³/mol. The monoisotopic (exact) mass is 383 g/mol. The van der Waals surface area contributed by atoms with Crippen molar-refractivity contribution in [2.45, 2.75) is 51.7 Å². The summed E-state index contributed by atoms with van der Waals surface area (Å²) in [4.78, 5) is 14.9. The third kappa shape index (κ3) is 4.23. The van der Waals surface area contributed by atoms with Crippen LogP contribution in [0.5, 0.6) is 0 Å². The van der Waals surface area contributed by atoms with E-state index in [4.69, 9.17) is 0 Å². The molecule has 2 fully saturated rings. The van der Waals surface area contributed by atoms with Crippen molar-refractivity contribution < 1.29 is 4.79 Å². The summed E-state index contributed by atoms with van der Waals surface area (Å²) in [6.45, 7) is 6.79. The molecule has 1 amide bonds. The van der Waals surface area contributed by atoms with Gasteiger partial charge >= 0.3 is 0 Å². The summed E-state index contributed by atoms with van der Waals surface area (Å²) in [6.07, 6.45) is 4.89. The van der Waals surface area contributed by atoms with E-state index in [0.717, 1.165) is 37.1 Å². The van der Waals surface area contributed by atoms with Crippen LogP contribution in [-0.2, 0) is 6.54 Å². The van der Waals surface area contributed by atoms with Crippen molar-refractivity contribution in [2.75, 3.05) is 13.1 Å². The van der Waals surface area contributed by atoms with E-state index in [0.29, 0.717) is 30.5 Å². The number of hydrogen-bond acceptors (Lipinski definition) is 6. The molecule has 2 atom stereocenters. The fourth-order valence-corrected chi connectivity index (χ4v) is 4.23. The highest BCUT2D eigenvalue weighted by Crippen LogP contribution is 2.27. The van der Waals surface area contributed by atoms with Crippen LogP contribution in [0.1, 0.15) is 49.0 Å². The Morgan fingerprint density at radius 2 is 1.93 bits per heavy atom. The maximum absolute atomic E-state index is 12.9. The summed E-state index contributed by atoms with van der Waals surface area (Å²) in [7, 11) is 0. The number of tetrazole rings is 1. The van der Waals surface area contributed by atoms with Crippen LogP contribution in [0.4, 0.5) is 0 Å². The molecule has 0 bridgehead atoms. The number of amides is 1. The van der Waals surface area contributed by atoms with Gasteiger partial charge in [0, 0.05) is 30.7 Å². The first-order chi connectivity index (χ1) is 13.6. The molecule has 0 aliphatic carbocycles. The zero-order chi connectivity index (χ0) is 19.5. The Morgan fingerprint density at radius 1 is 1.18 bits per heavy atom. The number of benzene rings is 1. The van der Waals surface area contributed by atoms with Gasteiger partial charge in [-0.1, -0.05) is 26.0 Å². The molecule has 2 aliphatic heterocycles. The Hall–Kier alpha value is -2.32. The second-order valence-electron chi connectivity index (χ2n) is 8.32. The van der Waals surface area contributed by atoms with Crippen LogP contribution in [-0.4, -0.2) is 56.2 Å². The lowest BCUT2D eigenvalue weighted by Crippen LogP contribution is -2.44. The molecule has 0 spiro atoms. The predicted octanol–water partition coefficient (Wildman–Crippen LogP) is 1.46. The zero-order valence-corrected chi connectivity index (χ0v) is 16.6. The maximum atomic E-state index is 12.9. The number of piperidine rings is 1. The number of hydrazine groups is 1. The minimum Gasteiger partial charge on any atom is -0.339 e. The summed E-state index contributed by atoms with van der Waals surface area (Å²) in [5.41, 5.74) is 8.75. The van der Waals surface area contributed by atoms with Gasteiger partial charge in [0.05, 0.1) is 6.54 Å². The second-order valence-corrected chi connectivity index (χ2v) is 8.32. The molecule has 2 saturated heterocycles.